The fourth-order valence-corrected chi connectivity index (χ4v) is 2.56. The van der Waals surface area contributed by atoms with E-state index < -0.39 is 0 Å². The van der Waals surface area contributed by atoms with Crippen LogP contribution in [0.25, 0.3) is 0 Å². The molecule has 2 aromatic rings. The first-order valence-corrected chi connectivity index (χ1v) is 8.28. The molecule has 1 aromatic carbocycles. The molecule has 5 heteroatoms. The van der Waals surface area contributed by atoms with Gasteiger partial charge in [-0.05, 0) is 37.1 Å². The van der Waals surface area contributed by atoms with Gasteiger partial charge in [0.05, 0.1) is 19.5 Å². The Kier molecular flexibility index (Phi) is 5.67. The van der Waals surface area contributed by atoms with Crippen molar-refractivity contribution in [3.8, 4) is 5.75 Å². The highest BCUT2D eigenvalue weighted by Crippen LogP contribution is 2.15. The van der Waals surface area contributed by atoms with Crippen LogP contribution in [0, 0.1) is 0 Å². The minimum absolute atomic E-state index is 0.689. The van der Waals surface area contributed by atoms with Crippen LogP contribution >= 0.6 is 0 Å². The lowest BCUT2D eigenvalue weighted by Crippen LogP contribution is -2.02. The lowest BCUT2D eigenvalue weighted by Gasteiger charge is -2.07. The van der Waals surface area contributed by atoms with E-state index in [1.54, 1.807) is 0 Å². The normalized spacial score (nSPS) is 13.7. The van der Waals surface area contributed by atoms with Gasteiger partial charge in [0.2, 0.25) is 5.90 Å². The van der Waals surface area contributed by atoms with Crippen LogP contribution in [-0.2, 0) is 11.3 Å². The number of ether oxygens (including phenoxy) is 2. The molecule has 2 heterocycles. The lowest BCUT2D eigenvalue weighted by molar-refractivity contribution is 0.304. The van der Waals surface area contributed by atoms with Gasteiger partial charge in [-0.3, -0.25) is 0 Å². The quantitative estimate of drug-likeness (QED) is 0.667. The maximum Gasteiger partial charge on any atom is 0.216 e. The third-order valence-electron chi connectivity index (χ3n) is 3.83. The van der Waals surface area contributed by atoms with Gasteiger partial charge in [0.15, 0.2) is 0 Å². The minimum atomic E-state index is 0.689. The minimum Gasteiger partial charge on any atom is -0.494 e. The second kappa shape index (κ2) is 8.36. The average molecular weight is 313 g/mol. The molecule has 1 aromatic heterocycles. The molecule has 0 fully saturated rings. The van der Waals surface area contributed by atoms with Crippen LogP contribution in [0.4, 0.5) is 0 Å². The molecule has 0 spiro atoms. The van der Waals surface area contributed by atoms with E-state index in [0.717, 1.165) is 43.3 Å². The molecule has 3 rings (SSSR count). The van der Waals surface area contributed by atoms with Crippen LogP contribution in [-0.4, -0.2) is 35.2 Å². The zero-order valence-electron chi connectivity index (χ0n) is 13.4. The molecule has 122 valence electrons. The predicted molar refractivity (Wildman–Crippen MR) is 90.0 cm³/mol. The first kappa shape index (κ1) is 15.6. The van der Waals surface area contributed by atoms with Gasteiger partial charge in [-0.15, -0.1) is 0 Å². The number of nitrogens with zero attached hydrogens (tertiary/aromatic N) is 3. The number of rotatable bonds is 9. The summed E-state index contributed by atoms with van der Waals surface area (Å²) in [5, 5.41) is 0. The topological polar surface area (TPSA) is 48.6 Å². The van der Waals surface area contributed by atoms with Crippen LogP contribution in [0.5, 0.6) is 5.75 Å². The standard InChI is InChI=1S/C18H23N3O2/c1(3-11-21-12-9-19-15-21)2-4-13-22-17-7-5-16(6-8-17)18-20-10-14-23-18/h5-9,12,15H,1-4,10-11,13-14H2. The fourth-order valence-electron chi connectivity index (χ4n) is 2.56. The second-order valence-electron chi connectivity index (χ2n) is 5.62. The number of aromatic nitrogens is 2. The first-order valence-electron chi connectivity index (χ1n) is 8.28. The van der Waals surface area contributed by atoms with E-state index in [2.05, 4.69) is 14.5 Å². The largest absolute Gasteiger partial charge is 0.494 e. The van der Waals surface area contributed by atoms with Gasteiger partial charge in [0.25, 0.3) is 0 Å². The van der Waals surface area contributed by atoms with Crippen molar-refractivity contribution in [2.24, 2.45) is 4.99 Å². The Balaban J connectivity index is 1.28. The van der Waals surface area contributed by atoms with E-state index in [-0.39, 0.29) is 0 Å². The maximum atomic E-state index is 5.78. The Hall–Kier alpha value is -2.30. The summed E-state index contributed by atoms with van der Waals surface area (Å²) in [6, 6.07) is 7.98. The smallest absolute Gasteiger partial charge is 0.216 e. The SMILES string of the molecule is c1cn(CCCCCCOc2ccc(C3=NCCO3)cc2)cn1. The van der Waals surface area contributed by atoms with Gasteiger partial charge < -0.3 is 14.0 Å². The number of unbranched alkanes of at least 4 members (excludes halogenated alkanes) is 3. The highest BCUT2D eigenvalue weighted by Gasteiger charge is 2.09. The predicted octanol–water partition coefficient (Wildman–Crippen LogP) is 3.30. The number of imidazole rings is 1. The third-order valence-corrected chi connectivity index (χ3v) is 3.83. The summed E-state index contributed by atoms with van der Waals surface area (Å²) in [6.45, 7) is 3.26. The van der Waals surface area contributed by atoms with Gasteiger partial charge >= 0.3 is 0 Å². The van der Waals surface area contributed by atoms with Crippen molar-refractivity contribution in [2.75, 3.05) is 19.8 Å². The fraction of sp³-hybridized carbons (Fsp3) is 0.444. The van der Waals surface area contributed by atoms with Crippen molar-refractivity contribution in [3.05, 3.63) is 48.5 Å². The van der Waals surface area contributed by atoms with Gasteiger partial charge in [-0.2, -0.15) is 0 Å². The Morgan fingerprint density at radius 3 is 2.70 bits per heavy atom. The van der Waals surface area contributed by atoms with E-state index in [4.69, 9.17) is 9.47 Å². The van der Waals surface area contributed by atoms with E-state index in [1.807, 2.05) is 43.0 Å². The van der Waals surface area contributed by atoms with Crippen LogP contribution in [0.2, 0.25) is 0 Å². The van der Waals surface area contributed by atoms with Crippen molar-refractivity contribution in [2.45, 2.75) is 32.2 Å². The molecule has 0 saturated heterocycles. The molecule has 0 radical (unpaired) electrons. The summed E-state index contributed by atoms with van der Waals surface area (Å²) in [6.07, 6.45) is 10.4. The summed E-state index contributed by atoms with van der Waals surface area (Å²) < 4.78 is 13.3. The summed E-state index contributed by atoms with van der Waals surface area (Å²) >= 11 is 0. The van der Waals surface area contributed by atoms with Crippen molar-refractivity contribution in [3.63, 3.8) is 0 Å². The Morgan fingerprint density at radius 2 is 1.96 bits per heavy atom. The molecule has 0 unspecified atom stereocenters. The Labute approximate surface area is 137 Å². The highest BCUT2D eigenvalue weighted by molar-refractivity contribution is 5.94. The van der Waals surface area contributed by atoms with Gasteiger partial charge in [-0.1, -0.05) is 12.8 Å². The van der Waals surface area contributed by atoms with E-state index >= 15 is 0 Å². The summed E-state index contributed by atoms with van der Waals surface area (Å²) in [5.74, 6) is 1.65. The molecule has 0 N–H and O–H groups in total. The molecule has 23 heavy (non-hydrogen) atoms. The second-order valence-corrected chi connectivity index (χ2v) is 5.62. The van der Waals surface area contributed by atoms with Crippen LogP contribution in [0.1, 0.15) is 31.2 Å². The monoisotopic (exact) mass is 313 g/mol. The van der Waals surface area contributed by atoms with E-state index in [9.17, 15) is 0 Å². The van der Waals surface area contributed by atoms with Gasteiger partial charge in [0, 0.05) is 24.5 Å². The molecule has 0 saturated carbocycles. The molecule has 1 aliphatic heterocycles. The molecular formula is C18H23N3O2. The summed E-state index contributed by atoms with van der Waals surface area (Å²) in [7, 11) is 0. The summed E-state index contributed by atoms with van der Waals surface area (Å²) in [4.78, 5) is 8.35. The molecule has 5 nitrogen and oxygen atoms in total. The number of aryl methyl sites for hydroxylation is 1. The summed E-state index contributed by atoms with van der Waals surface area (Å²) in [5.41, 5.74) is 1.02. The average Bonchev–Trinajstić information content (AvgIpc) is 3.28. The Morgan fingerprint density at radius 1 is 1.09 bits per heavy atom. The highest BCUT2D eigenvalue weighted by atomic mass is 16.5. The maximum absolute atomic E-state index is 5.78. The molecule has 0 aliphatic carbocycles. The van der Waals surface area contributed by atoms with Crippen molar-refractivity contribution in [1.29, 1.82) is 0 Å². The van der Waals surface area contributed by atoms with E-state index in [1.165, 1.54) is 19.3 Å². The number of hydrogen-bond donors (Lipinski definition) is 0. The number of benzene rings is 1. The van der Waals surface area contributed by atoms with Gasteiger partial charge in [0.1, 0.15) is 12.4 Å². The number of aliphatic imine (C=N–C) groups is 1. The first-order chi connectivity index (χ1) is 11.4. The zero-order chi connectivity index (χ0) is 15.7. The van der Waals surface area contributed by atoms with Crippen LogP contribution < -0.4 is 4.74 Å². The molecule has 0 amide bonds. The molecule has 0 bridgehead atoms. The molecule has 0 atom stereocenters. The zero-order valence-corrected chi connectivity index (χ0v) is 13.4. The van der Waals surface area contributed by atoms with Crippen molar-refractivity contribution in [1.82, 2.24) is 9.55 Å². The van der Waals surface area contributed by atoms with Gasteiger partial charge in [-0.25, -0.2) is 9.98 Å². The Bertz CT molecular complexity index is 606. The molecule has 1 aliphatic rings. The van der Waals surface area contributed by atoms with Crippen LogP contribution in [0.15, 0.2) is 48.0 Å². The molecular weight excluding hydrogens is 290 g/mol. The number of hydrogen-bond acceptors (Lipinski definition) is 4. The lowest BCUT2D eigenvalue weighted by atomic mass is 10.2. The van der Waals surface area contributed by atoms with Crippen LogP contribution in [0.3, 0.4) is 0 Å². The van der Waals surface area contributed by atoms with Crippen molar-refractivity contribution >= 4 is 5.90 Å². The third kappa shape index (κ3) is 4.84. The van der Waals surface area contributed by atoms with E-state index in [0.29, 0.717) is 6.61 Å². The van der Waals surface area contributed by atoms with Crippen molar-refractivity contribution < 1.29 is 9.47 Å².